The van der Waals surface area contributed by atoms with Crippen molar-refractivity contribution in [3.63, 3.8) is 0 Å². The molecule has 0 heterocycles. The van der Waals surface area contributed by atoms with E-state index in [1.807, 2.05) is 6.08 Å². The van der Waals surface area contributed by atoms with E-state index in [9.17, 15) is 19.8 Å². The molecule has 69 heavy (non-hydrogen) atoms. The third kappa shape index (κ3) is 55.2. The highest BCUT2D eigenvalue weighted by atomic mass is 16.5. The average molecular weight is 971 g/mol. The van der Waals surface area contributed by atoms with Crippen molar-refractivity contribution in [3.8, 4) is 0 Å². The third-order valence-electron chi connectivity index (χ3n) is 14.1. The molecule has 0 spiro atoms. The molecule has 6 heteroatoms. The van der Waals surface area contributed by atoms with E-state index >= 15 is 0 Å². The van der Waals surface area contributed by atoms with Crippen LogP contribution in [0.15, 0.2) is 36.5 Å². The van der Waals surface area contributed by atoms with E-state index in [1.165, 1.54) is 257 Å². The van der Waals surface area contributed by atoms with E-state index in [2.05, 4.69) is 43.5 Å². The zero-order valence-corrected chi connectivity index (χ0v) is 46.3. The molecule has 0 aliphatic heterocycles. The molecular formula is C63H119NO5. The Morgan fingerprint density at radius 3 is 1.04 bits per heavy atom. The summed E-state index contributed by atoms with van der Waals surface area (Å²) in [4.78, 5) is 24.5. The predicted octanol–water partition coefficient (Wildman–Crippen LogP) is 19.2. The van der Waals surface area contributed by atoms with Gasteiger partial charge in [-0.05, 0) is 83.5 Å². The van der Waals surface area contributed by atoms with Gasteiger partial charge in [0.05, 0.1) is 25.4 Å². The number of nitrogens with one attached hydrogen (secondary N) is 1. The SMILES string of the molecule is CCCCCC/C=C\CCCCCCCC(=O)OCCCCCCCCCCCCCC/C=C\CCCCCCCCCCCCC(=O)NC(CO)C(O)/C=C/CCCCCCCCCCCCC. The molecule has 0 radical (unpaired) electrons. The second-order valence-corrected chi connectivity index (χ2v) is 21.0. The van der Waals surface area contributed by atoms with Crippen LogP contribution in [-0.4, -0.2) is 47.4 Å². The van der Waals surface area contributed by atoms with E-state index in [-0.39, 0.29) is 18.5 Å². The van der Waals surface area contributed by atoms with Crippen molar-refractivity contribution in [2.75, 3.05) is 13.2 Å². The van der Waals surface area contributed by atoms with Crippen LogP contribution in [0.3, 0.4) is 0 Å². The number of aliphatic hydroxyl groups is 2. The van der Waals surface area contributed by atoms with Crippen LogP contribution in [0.5, 0.6) is 0 Å². The summed E-state index contributed by atoms with van der Waals surface area (Å²) < 4.78 is 5.47. The van der Waals surface area contributed by atoms with Crippen molar-refractivity contribution in [1.82, 2.24) is 5.32 Å². The summed E-state index contributed by atoms with van der Waals surface area (Å²) in [5, 5.41) is 23.1. The van der Waals surface area contributed by atoms with E-state index in [1.54, 1.807) is 6.08 Å². The Hall–Kier alpha value is -1.92. The van der Waals surface area contributed by atoms with Gasteiger partial charge < -0.3 is 20.3 Å². The van der Waals surface area contributed by atoms with E-state index in [0.717, 1.165) is 44.9 Å². The van der Waals surface area contributed by atoms with Gasteiger partial charge in [-0.2, -0.15) is 0 Å². The van der Waals surface area contributed by atoms with E-state index < -0.39 is 12.1 Å². The van der Waals surface area contributed by atoms with Gasteiger partial charge in [0.25, 0.3) is 0 Å². The highest BCUT2D eigenvalue weighted by molar-refractivity contribution is 5.76. The van der Waals surface area contributed by atoms with Gasteiger partial charge in [0, 0.05) is 12.8 Å². The first-order chi connectivity index (χ1) is 34.0. The number of aliphatic hydroxyl groups excluding tert-OH is 2. The Morgan fingerprint density at radius 1 is 0.391 bits per heavy atom. The highest BCUT2D eigenvalue weighted by Gasteiger charge is 2.18. The van der Waals surface area contributed by atoms with Crippen LogP contribution < -0.4 is 5.32 Å². The zero-order valence-electron chi connectivity index (χ0n) is 46.3. The minimum atomic E-state index is -0.845. The molecule has 0 fully saturated rings. The number of hydrogen-bond acceptors (Lipinski definition) is 5. The lowest BCUT2D eigenvalue weighted by atomic mass is 10.0. The number of rotatable bonds is 57. The molecule has 0 aliphatic rings. The van der Waals surface area contributed by atoms with Crippen molar-refractivity contribution in [1.29, 1.82) is 0 Å². The Labute approximate surface area is 430 Å². The smallest absolute Gasteiger partial charge is 0.305 e. The first-order valence-corrected chi connectivity index (χ1v) is 30.8. The highest BCUT2D eigenvalue weighted by Crippen LogP contribution is 2.17. The number of allylic oxidation sites excluding steroid dienone is 5. The lowest BCUT2D eigenvalue weighted by Crippen LogP contribution is -2.45. The molecule has 0 saturated heterocycles. The standard InChI is InChI=1S/C63H119NO5/c1-3-5-7-9-11-13-15-31-35-39-43-47-51-55-61(66)60(59-65)64-62(67)56-52-48-44-40-36-33-29-27-25-23-21-19-17-18-20-22-24-26-28-30-34-38-42-46-50-54-58-69-63(68)57-53-49-45-41-37-32-16-14-12-10-8-6-4-2/h14,16-17,19,51,55,60-61,65-66H,3-13,15,18,20-50,52-54,56-59H2,1-2H3,(H,64,67)/b16-14-,19-17-,55-51+. The summed E-state index contributed by atoms with van der Waals surface area (Å²) in [6.45, 7) is 4.89. The van der Waals surface area contributed by atoms with Crippen LogP contribution >= 0.6 is 0 Å². The van der Waals surface area contributed by atoms with Crippen LogP contribution in [0.1, 0.15) is 328 Å². The van der Waals surface area contributed by atoms with Gasteiger partial charge in [-0.25, -0.2) is 0 Å². The molecule has 0 bridgehead atoms. The van der Waals surface area contributed by atoms with Crippen molar-refractivity contribution < 1.29 is 24.5 Å². The van der Waals surface area contributed by atoms with Gasteiger partial charge >= 0.3 is 5.97 Å². The number of carbonyl (C=O) groups excluding carboxylic acids is 2. The Kier molecular flexibility index (Phi) is 57.0. The molecule has 0 aromatic heterocycles. The number of hydrogen-bond donors (Lipinski definition) is 3. The first-order valence-electron chi connectivity index (χ1n) is 30.8. The summed E-state index contributed by atoms with van der Waals surface area (Å²) >= 11 is 0. The molecule has 0 aromatic carbocycles. The fourth-order valence-corrected chi connectivity index (χ4v) is 9.39. The fraction of sp³-hybridized carbons (Fsp3) is 0.873. The fourth-order valence-electron chi connectivity index (χ4n) is 9.39. The summed E-state index contributed by atoms with van der Waals surface area (Å²) in [6, 6.07) is -0.628. The monoisotopic (exact) mass is 970 g/mol. The number of carbonyl (C=O) groups is 2. The number of unbranched alkanes of at least 4 members (excludes halogenated alkanes) is 42. The molecule has 0 aromatic rings. The Morgan fingerprint density at radius 2 is 0.681 bits per heavy atom. The van der Waals surface area contributed by atoms with Gasteiger partial charge in [-0.1, -0.05) is 269 Å². The maximum atomic E-state index is 12.4. The average Bonchev–Trinajstić information content (AvgIpc) is 3.35. The molecule has 2 atom stereocenters. The minimum Gasteiger partial charge on any atom is -0.466 e. The summed E-state index contributed by atoms with van der Waals surface area (Å²) in [7, 11) is 0. The Balaban J connectivity index is 3.40. The van der Waals surface area contributed by atoms with Crippen LogP contribution in [-0.2, 0) is 14.3 Å². The topological polar surface area (TPSA) is 95.9 Å². The third-order valence-corrected chi connectivity index (χ3v) is 14.1. The number of esters is 1. The van der Waals surface area contributed by atoms with Gasteiger partial charge in [-0.15, -0.1) is 0 Å². The quantitative estimate of drug-likeness (QED) is 0.0321. The van der Waals surface area contributed by atoms with Gasteiger partial charge in [0.2, 0.25) is 5.91 Å². The molecule has 3 N–H and O–H groups in total. The van der Waals surface area contributed by atoms with Gasteiger partial charge in [-0.3, -0.25) is 9.59 Å². The predicted molar refractivity (Wildman–Crippen MR) is 301 cm³/mol. The first kappa shape index (κ1) is 67.1. The van der Waals surface area contributed by atoms with Crippen molar-refractivity contribution in [3.05, 3.63) is 36.5 Å². The maximum Gasteiger partial charge on any atom is 0.305 e. The normalized spacial score (nSPS) is 12.8. The van der Waals surface area contributed by atoms with Crippen molar-refractivity contribution >= 4 is 11.9 Å². The summed E-state index contributed by atoms with van der Waals surface area (Å²) in [6.07, 6.45) is 73.3. The minimum absolute atomic E-state index is 0.00445. The van der Waals surface area contributed by atoms with E-state index in [0.29, 0.717) is 19.4 Å². The summed E-state index contributed by atoms with van der Waals surface area (Å²) in [5.41, 5.74) is 0. The van der Waals surface area contributed by atoms with Gasteiger partial charge in [0.15, 0.2) is 0 Å². The molecule has 2 unspecified atom stereocenters. The van der Waals surface area contributed by atoms with Crippen molar-refractivity contribution in [2.24, 2.45) is 0 Å². The van der Waals surface area contributed by atoms with Crippen molar-refractivity contribution in [2.45, 2.75) is 341 Å². The van der Waals surface area contributed by atoms with E-state index in [4.69, 9.17) is 4.74 Å². The van der Waals surface area contributed by atoms with Crippen LogP contribution in [0.2, 0.25) is 0 Å². The maximum absolute atomic E-state index is 12.4. The van der Waals surface area contributed by atoms with Crippen LogP contribution in [0, 0.1) is 0 Å². The molecule has 0 rings (SSSR count). The molecule has 1 amide bonds. The number of amides is 1. The Bertz CT molecular complexity index is 1120. The molecule has 0 aliphatic carbocycles. The molecular weight excluding hydrogens is 851 g/mol. The lowest BCUT2D eigenvalue weighted by Gasteiger charge is -2.20. The zero-order chi connectivity index (χ0) is 50.0. The lowest BCUT2D eigenvalue weighted by molar-refractivity contribution is -0.143. The summed E-state index contributed by atoms with van der Waals surface area (Å²) in [5.74, 6) is -0.0652. The molecule has 6 nitrogen and oxygen atoms in total. The molecule has 0 saturated carbocycles. The van der Waals surface area contributed by atoms with Gasteiger partial charge in [0.1, 0.15) is 0 Å². The van der Waals surface area contributed by atoms with Crippen LogP contribution in [0.4, 0.5) is 0 Å². The second kappa shape index (κ2) is 58.6. The number of ether oxygens (including phenoxy) is 1. The molecule has 406 valence electrons. The largest absolute Gasteiger partial charge is 0.466 e. The second-order valence-electron chi connectivity index (χ2n) is 21.0. The van der Waals surface area contributed by atoms with Crippen LogP contribution in [0.25, 0.3) is 0 Å².